The van der Waals surface area contributed by atoms with Gasteiger partial charge in [-0.2, -0.15) is 4.98 Å². The molecule has 3 aromatic rings. The van der Waals surface area contributed by atoms with Gasteiger partial charge in [-0.05, 0) is 45.8 Å². The van der Waals surface area contributed by atoms with Crippen LogP contribution in [0.3, 0.4) is 0 Å². The first-order chi connectivity index (χ1) is 9.22. The van der Waals surface area contributed by atoms with Crippen molar-refractivity contribution < 1.29 is 0 Å². The summed E-state index contributed by atoms with van der Waals surface area (Å²) in [7, 11) is 0. The molecule has 1 aromatic carbocycles. The van der Waals surface area contributed by atoms with Crippen molar-refractivity contribution in [3.05, 3.63) is 57.1 Å². The molecule has 0 saturated heterocycles. The lowest BCUT2D eigenvalue weighted by atomic mass is 10.2. The Morgan fingerprint density at radius 3 is 2.84 bits per heavy atom. The summed E-state index contributed by atoms with van der Waals surface area (Å²) in [6.07, 6.45) is 1.87. The van der Waals surface area contributed by atoms with E-state index in [1.807, 2.05) is 30.5 Å². The monoisotopic (exact) mass is 380 g/mol. The Morgan fingerprint density at radius 2 is 2.05 bits per heavy atom. The number of rotatable bonds is 3. The van der Waals surface area contributed by atoms with E-state index in [4.69, 9.17) is 0 Å². The highest BCUT2D eigenvalue weighted by molar-refractivity contribution is 9.10. The van der Waals surface area contributed by atoms with Gasteiger partial charge in [0.15, 0.2) is 5.65 Å². The van der Waals surface area contributed by atoms with Crippen LogP contribution in [0.4, 0.5) is 5.95 Å². The standard InChI is InChI=1S/C13H10Br2N4/c14-10-4-1-3-9(7-10)8-16-13-17-12-11(15)5-2-6-19(12)18-13/h1-7H,8H2,(H,16,18). The van der Waals surface area contributed by atoms with Crippen molar-refractivity contribution >= 4 is 43.5 Å². The second kappa shape index (κ2) is 5.30. The maximum atomic E-state index is 4.43. The van der Waals surface area contributed by atoms with Crippen LogP contribution in [0.25, 0.3) is 5.65 Å². The Bertz CT molecular complexity index is 723. The molecule has 0 radical (unpaired) electrons. The van der Waals surface area contributed by atoms with E-state index in [1.54, 1.807) is 4.52 Å². The number of aromatic nitrogens is 3. The number of benzene rings is 1. The summed E-state index contributed by atoms with van der Waals surface area (Å²) >= 11 is 6.92. The molecule has 19 heavy (non-hydrogen) atoms. The molecule has 0 fully saturated rings. The Kier molecular flexibility index (Phi) is 3.52. The highest BCUT2D eigenvalue weighted by Gasteiger charge is 2.05. The first kappa shape index (κ1) is 12.6. The first-order valence-corrected chi connectivity index (χ1v) is 7.30. The van der Waals surface area contributed by atoms with Gasteiger partial charge in [-0.3, -0.25) is 0 Å². The van der Waals surface area contributed by atoms with Crippen LogP contribution in [0.5, 0.6) is 0 Å². The van der Waals surface area contributed by atoms with Crippen LogP contribution in [0.1, 0.15) is 5.56 Å². The zero-order valence-corrected chi connectivity index (χ0v) is 13.0. The molecule has 2 heterocycles. The molecule has 2 aromatic heterocycles. The van der Waals surface area contributed by atoms with Crippen molar-refractivity contribution in [1.29, 1.82) is 0 Å². The van der Waals surface area contributed by atoms with Crippen LogP contribution in [0, 0.1) is 0 Å². The Morgan fingerprint density at radius 1 is 1.16 bits per heavy atom. The molecule has 0 aliphatic carbocycles. The van der Waals surface area contributed by atoms with Crippen molar-refractivity contribution in [3.63, 3.8) is 0 Å². The number of anilines is 1. The lowest BCUT2D eigenvalue weighted by Crippen LogP contribution is -2.01. The molecule has 0 unspecified atom stereocenters. The Balaban J connectivity index is 1.80. The first-order valence-electron chi connectivity index (χ1n) is 5.71. The zero-order valence-electron chi connectivity index (χ0n) is 9.85. The predicted octanol–water partition coefficient (Wildman–Crippen LogP) is 3.87. The van der Waals surface area contributed by atoms with E-state index in [9.17, 15) is 0 Å². The van der Waals surface area contributed by atoms with Crippen LogP contribution in [0.15, 0.2) is 51.5 Å². The van der Waals surface area contributed by atoms with E-state index in [2.05, 4.69) is 59.4 Å². The SMILES string of the molecule is Brc1cccc(CNc2nc3c(Br)cccn3n2)c1. The molecule has 0 aliphatic heterocycles. The summed E-state index contributed by atoms with van der Waals surface area (Å²) in [5.41, 5.74) is 1.98. The molecular formula is C13H10Br2N4. The lowest BCUT2D eigenvalue weighted by Gasteiger charge is -2.02. The second-order valence-corrected chi connectivity index (χ2v) is 5.81. The molecule has 0 spiro atoms. The van der Waals surface area contributed by atoms with Crippen molar-refractivity contribution in [3.8, 4) is 0 Å². The van der Waals surface area contributed by atoms with Crippen LogP contribution in [-0.4, -0.2) is 14.6 Å². The third-order valence-electron chi connectivity index (χ3n) is 2.65. The molecule has 0 aliphatic rings. The van der Waals surface area contributed by atoms with E-state index in [-0.39, 0.29) is 0 Å². The molecule has 6 heteroatoms. The number of nitrogens with zero attached hydrogens (tertiary/aromatic N) is 3. The maximum Gasteiger partial charge on any atom is 0.243 e. The fourth-order valence-electron chi connectivity index (χ4n) is 1.78. The van der Waals surface area contributed by atoms with Crippen molar-refractivity contribution in [2.24, 2.45) is 0 Å². The van der Waals surface area contributed by atoms with Gasteiger partial charge in [0, 0.05) is 17.2 Å². The van der Waals surface area contributed by atoms with Gasteiger partial charge in [-0.25, -0.2) is 4.52 Å². The average Bonchev–Trinajstić information content (AvgIpc) is 2.81. The molecule has 0 saturated carbocycles. The average molecular weight is 382 g/mol. The minimum absolute atomic E-state index is 0.617. The third kappa shape index (κ3) is 2.79. The van der Waals surface area contributed by atoms with Crippen molar-refractivity contribution in [2.45, 2.75) is 6.54 Å². The quantitative estimate of drug-likeness (QED) is 0.748. The summed E-state index contributed by atoms with van der Waals surface area (Å²) in [5, 5.41) is 7.58. The summed E-state index contributed by atoms with van der Waals surface area (Å²) in [4.78, 5) is 4.43. The molecular weight excluding hydrogens is 372 g/mol. The Labute approximate surface area is 127 Å². The van der Waals surface area contributed by atoms with E-state index >= 15 is 0 Å². The molecule has 96 valence electrons. The number of hydrogen-bond acceptors (Lipinski definition) is 3. The smallest absolute Gasteiger partial charge is 0.243 e. The molecule has 3 rings (SSSR count). The van der Waals surface area contributed by atoms with Gasteiger partial charge in [0.2, 0.25) is 5.95 Å². The second-order valence-electron chi connectivity index (χ2n) is 4.04. The number of fused-ring (bicyclic) bond motifs is 1. The summed E-state index contributed by atoms with van der Waals surface area (Å²) < 4.78 is 3.74. The van der Waals surface area contributed by atoms with E-state index in [0.717, 1.165) is 14.6 Å². The summed E-state index contributed by atoms with van der Waals surface area (Å²) in [6.45, 7) is 0.688. The molecule has 0 amide bonds. The predicted molar refractivity (Wildman–Crippen MR) is 82.2 cm³/mol. The van der Waals surface area contributed by atoms with Crippen molar-refractivity contribution in [2.75, 3.05) is 5.32 Å². The van der Waals surface area contributed by atoms with Crippen molar-refractivity contribution in [1.82, 2.24) is 14.6 Å². The molecule has 0 atom stereocenters. The van der Waals surface area contributed by atoms with Gasteiger partial charge in [-0.15, -0.1) is 5.10 Å². The maximum absolute atomic E-state index is 4.43. The normalized spacial score (nSPS) is 10.8. The minimum atomic E-state index is 0.617. The lowest BCUT2D eigenvalue weighted by molar-refractivity contribution is 0.948. The van der Waals surface area contributed by atoms with E-state index < -0.39 is 0 Å². The molecule has 0 bridgehead atoms. The van der Waals surface area contributed by atoms with Gasteiger partial charge in [0.1, 0.15) is 0 Å². The highest BCUT2D eigenvalue weighted by atomic mass is 79.9. The third-order valence-corrected chi connectivity index (χ3v) is 3.77. The van der Waals surface area contributed by atoms with Crippen LogP contribution in [-0.2, 0) is 6.54 Å². The molecule has 4 nitrogen and oxygen atoms in total. The van der Waals surface area contributed by atoms with E-state index in [0.29, 0.717) is 12.5 Å². The summed E-state index contributed by atoms with van der Waals surface area (Å²) in [6, 6.07) is 12.0. The van der Waals surface area contributed by atoms with Crippen LogP contribution in [0.2, 0.25) is 0 Å². The fraction of sp³-hybridized carbons (Fsp3) is 0.0769. The topological polar surface area (TPSA) is 42.2 Å². The summed E-state index contributed by atoms with van der Waals surface area (Å²) in [5.74, 6) is 0.617. The number of halogens is 2. The highest BCUT2D eigenvalue weighted by Crippen LogP contribution is 2.17. The molecule has 1 N–H and O–H groups in total. The minimum Gasteiger partial charge on any atom is -0.349 e. The van der Waals surface area contributed by atoms with Crippen LogP contribution < -0.4 is 5.32 Å². The van der Waals surface area contributed by atoms with Crippen LogP contribution >= 0.6 is 31.9 Å². The number of pyridine rings is 1. The largest absolute Gasteiger partial charge is 0.349 e. The van der Waals surface area contributed by atoms with Gasteiger partial charge in [0.05, 0.1) is 4.47 Å². The van der Waals surface area contributed by atoms with E-state index in [1.165, 1.54) is 5.56 Å². The Hall–Kier alpha value is -1.40. The van der Waals surface area contributed by atoms with Gasteiger partial charge in [0.25, 0.3) is 0 Å². The number of hydrogen-bond donors (Lipinski definition) is 1. The van der Waals surface area contributed by atoms with Gasteiger partial charge < -0.3 is 5.32 Å². The van der Waals surface area contributed by atoms with Gasteiger partial charge >= 0.3 is 0 Å². The fourth-order valence-corrected chi connectivity index (χ4v) is 2.65. The van der Waals surface area contributed by atoms with Gasteiger partial charge in [-0.1, -0.05) is 28.1 Å². The zero-order chi connectivity index (χ0) is 13.2. The number of nitrogens with one attached hydrogen (secondary N) is 1.